The Hall–Kier alpha value is 0. The quantitative estimate of drug-likeness (QED) is 0.381. The maximum absolute atomic E-state index is 2.52. The van der Waals surface area contributed by atoms with Crippen molar-refractivity contribution in [2.45, 2.75) is 113 Å². The molecular formula is C23H46. The highest BCUT2D eigenvalue weighted by Gasteiger charge is 2.36. The summed E-state index contributed by atoms with van der Waals surface area (Å²) in [7, 11) is 0. The van der Waals surface area contributed by atoms with E-state index in [1.807, 2.05) is 0 Å². The smallest absolute Gasteiger partial charge is 0.0323 e. The summed E-state index contributed by atoms with van der Waals surface area (Å²) in [5.41, 5.74) is 0.586. The van der Waals surface area contributed by atoms with Crippen LogP contribution in [0.15, 0.2) is 0 Å². The van der Waals surface area contributed by atoms with Gasteiger partial charge in [0, 0.05) is 0 Å². The van der Waals surface area contributed by atoms with Crippen molar-refractivity contribution < 1.29 is 0 Å². The molecule has 4 atom stereocenters. The summed E-state index contributed by atoms with van der Waals surface area (Å²) in [6.07, 6.45) is 14.5. The molecule has 0 amide bonds. The molecule has 0 heterocycles. The van der Waals surface area contributed by atoms with E-state index in [0.717, 1.165) is 29.6 Å². The minimum atomic E-state index is 0.586. The van der Waals surface area contributed by atoms with Crippen molar-refractivity contribution in [1.82, 2.24) is 0 Å². The fraction of sp³-hybridized carbons (Fsp3) is 1.00. The molecule has 0 saturated heterocycles. The highest BCUT2D eigenvalue weighted by Crippen LogP contribution is 2.46. The maximum atomic E-state index is 2.52. The lowest BCUT2D eigenvalue weighted by Crippen LogP contribution is -2.33. The second kappa shape index (κ2) is 10.1. The molecule has 0 aromatic carbocycles. The van der Waals surface area contributed by atoms with Gasteiger partial charge in [-0.3, -0.25) is 0 Å². The van der Waals surface area contributed by atoms with E-state index < -0.39 is 0 Å². The average Bonchev–Trinajstić information content (AvgIpc) is 2.44. The molecule has 0 aromatic rings. The average molecular weight is 323 g/mol. The molecule has 1 fully saturated rings. The topological polar surface area (TPSA) is 0 Å². The van der Waals surface area contributed by atoms with Crippen molar-refractivity contribution in [3.8, 4) is 0 Å². The predicted octanol–water partition coefficient (Wildman–Crippen LogP) is 8.11. The van der Waals surface area contributed by atoms with Crippen LogP contribution in [-0.4, -0.2) is 0 Å². The Labute approximate surface area is 148 Å². The van der Waals surface area contributed by atoms with E-state index in [1.54, 1.807) is 0 Å². The summed E-state index contributed by atoms with van der Waals surface area (Å²) in [6.45, 7) is 17.2. The lowest BCUT2D eigenvalue weighted by Gasteiger charge is -2.43. The van der Waals surface area contributed by atoms with E-state index >= 15 is 0 Å². The van der Waals surface area contributed by atoms with E-state index in [4.69, 9.17) is 0 Å². The van der Waals surface area contributed by atoms with Crippen molar-refractivity contribution in [2.75, 3.05) is 0 Å². The number of hydrogen-bond acceptors (Lipinski definition) is 0. The van der Waals surface area contributed by atoms with Crippen LogP contribution >= 0.6 is 0 Å². The lowest BCUT2D eigenvalue weighted by atomic mass is 9.62. The standard InChI is InChI=1S/C23H46/c1-18(2)13-14-19(3)10-8-11-20(4)15-16-22-21(5)12-9-17-23(22,6)7/h18-22H,8-17H2,1-7H3. The molecule has 4 unspecified atom stereocenters. The Kier molecular flexibility index (Phi) is 9.24. The number of hydrogen-bond donors (Lipinski definition) is 0. The van der Waals surface area contributed by atoms with Gasteiger partial charge in [0.1, 0.15) is 0 Å². The van der Waals surface area contributed by atoms with Gasteiger partial charge in [0.15, 0.2) is 0 Å². The molecular weight excluding hydrogens is 276 g/mol. The van der Waals surface area contributed by atoms with Crippen molar-refractivity contribution in [2.24, 2.45) is 35.0 Å². The fourth-order valence-electron chi connectivity index (χ4n) is 4.90. The molecule has 1 aliphatic carbocycles. The van der Waals surface area contributed by atoms with E-state index in [9.17, 15) is 0 Å². The zero-order valence-corrected chi connectivity index (χ0v) is 17.5. The van der Waals surface area contributed by atoms with Gasteiger partial charge >= 0.3 is 0 Å². The zero-order chi connectivity index (χ0) is 17.5. The van der Waals surface area contributed by atoms with Crippen molar-refractivity contribution >= 4 is 0 Å². The van der Waals surface area contributed by atoms with Crippen molar-refractivity contribution in [3.63, 3.8) is 0 Å². The monoisotopic (exact) mass is 322 g/mol. The van der Waals surface area contributed by atoms with Crippen LogP contribution in [0.5, 0.6) is 0 Å². The Morgan fingerprint density at radius 1 is 0.870 bits per heavy atom. The summed E-state index contributed by atoms with van der Waals surface area (Å²) in [5, 5.41) is 0. The Morgan fingerprint density at radius 3 is 2.04 bits per heavy atom. The molecule has 0 radical (unpaired) electrons. The molecule has 0 nitrogen and oxygen atoms in total. The third-order valence-electron chi connectivity index (χ3n) is 6.77. The summed E-state index contributed by atoms with van der Waals surface area (Å²) in [6, 6.07) is 0. The predicted molar refractivity (Wildman–Crippen MR) is 106 cm³/mol. The van der Waals surface area contributed by atoms with Crippen molar-refractivity contribution in [3.05, 3.63) is 0 Å². The Balaban J connectivity index is 2.20. The van der Waals surface area contributed by atoms with Crippen LogP contribution in [0.1, 0.15) is 113 Å². The zero-order valence-electron chi connectivity index (χ0n) is 17.5. The van der Waals surface area contributed by atoms with Crippen LogP contribution in [0.25, 0.3) is 0 Å². The first-order chi connectivity index (χ1) is 10.7. The summed E-state index contributed by atoms with van der Waals surface area (Å²) in [4.78, 5) is 0. The molecule has 1 rings (SSSR count). The second-order valence-corrected chi connectivity index (χ2v) is 10.2. The van der Waals surface area contributed by atoms with Crippen LogP contribution in [0, 0.1) is 35.0 Å². The third kappa shape index (κ3) is 8.08. The molecule has 0 heteroatoms. The SMILES string of the molecule is CC(C)CCC(C)CCCC(C)CCC1C(C)CCCC1(C)C. The van der Waals surface area contributed by atoms with Gasteiger partial charge in [-0.05, 0) is 47.8 Å². The van der Waals surface area contributed by atoms with Crippen LogP contribution in [0.2, 0.25) is 0 Å². The number of rotatable bonds is 10. The largest absolute Gasteiger partial charge is 0.0628 e. The lowest BCUT2D eigenvalue weighted by molar-refractivity contribution is 0.0706. The van der Waals surface area contributed by atoms with E-state index in [1.165, 1.54) is 64.2 Å². The fourth-order valence-corrected chi connectivity index (χ4v) is 4.90. The van der Waals surface area contributed by atoms with Gasteiger partial charge in [0.25, 0.3) is 0 Å². The van der Waals surface area contributed by atoms with E-state index in [0.29, 0.717) is 5.41 Å². The summed E-state index contributed by atoms with van der Waals surface area (Å²) < 4.78 is 0. The molecule has 0 N–H and O–H groups in total. The van der Waals surface area contributed by atoms with Crippen LogP contribution in [0.4, 0.5) is 0 Å². The van der Waals surface area contributed by atoms with Crippen LogP contribution in [0.3, 0.4) is 0 Å². The third-order valence-corrected chi connectivity index (χ3v) is 6.77. The van der Waals surface area contributed by atoms with E-state index in [-0.39, 0.29) is 0 Å². The first-order valence-electron chi connectivity index (χ1n) is 10.7. The molecule has 1 saturated carbocycles. The normalized spacial score (nSPS) is 27.1. The van der Waals surface area contributed by atoms with Gasteiger partial charge in [-0.1, -0.05) is 99.8 Å². The van der Waals surface area contributed by atoms with Gasteiger partial charge < -0.3 is 0 Å². The Morgan fingerprint density at radius 2 is 1.48 bits per heavy atom. The van der Waals surface area contributed by atoms with E-state index in [2.05, 4.69) is 48.5 Å². The second-order valence-electron chi connectivity index (χ2n) is 10.2. The summed E-state index contributed by atoms with van der Waals surface area (Å²) in [5.74, 6) is 4.64. The van der Waals surface area contributed by atoms with Crippen molar-refractivity contribution in [1.29, 1.82) is 0 Å². The highest BCUT2D eigenvalue weighted by molar-refractivity contribution is 4.86. The van der Waals surface area contributed by atoms with Gasteiger partial charge in [-0.25, -0.2) is 0 Å². The molecule has 0 aliphatic heterocycles. The van der Waals surface area contributed by atoms with Gasteiger partial charge in [0.2, 0.25) is 0 Å². The molecule has 1 aliphatic rings. The Bertz CT molecular complexity index is 301. The van der Waals surface area contributed by atoms with Crippen LogP contribution < -0.4 is 0 Å². The highest BCUT2D eigenvalue weighted by atomic mass is 14.4. The minimum Gasteiger partial charge on any atom is -0.0628 e. The molecule has 0 aromatic heterocycles. The first-order valence-corrected chi connectivity index (χ1v) is 10.7. The van der Waals surface area contributed by atoms with Gasteiger partial charge in [-0.2, -0.15) is 0 Å². The van der Waals surface area contributed by atoms with Crippen LogP contribution in [-0.2, 0) is 0 Å². The maximum Gasteiger partial charge on any atom is -0.0323 e. The van der Waals surface area contributed by atoms with Gasteiger partial charge in [0.05, 0.1) is 0 Å². The summed E-state index contributed by atoms with van der Waals surface area (Å²) >= 11 is 0. The minimum absolute atomic E-state index is 0.586. The molecule has 0 bridgehead atoms. The first kappa shape index (κ1) is 21.0. The molecule has 23 heavy (non-hydrogen) atoms. The van der Waals surface area contributed by atoms with Gasteiger partial charge in [-0.15, -0.1) is 0 Å². The molecule has 0 spiro atoms. The molecule has 138 valence electrons.